The molecule has 0 aromatic heterocycles. The molecule has 0 rings (SSSR count). The van der Waals surface area contributed by atoms with Crippen LogP contribution in [0.3, 0.4) is 0 Å². The van der Waals surface area contributed by atoms with Crippen LogP contribution < -0.4 is 29.6 Å². The van der Waals surface area contributed by atoms with E-state index in [-0.39, 0.29) is 37.4 Å². The third-order valence-corrected chi connectivity index (χ3v) is 2.57. The van der Waals surface area contributed by atoms with E-state index < -0.39 is 21.7 Å². The predicted octanol–water partition coefficient (Wildman–Crippen LogP) is -2.32. The quantitative estimate of drug-likeness (QED) is 0.242. The fourth-order valence-electron chi connectivity index (χ4n) is 0.405. The minimum Gasteiger partial charge on any atom is -1.00 e. The standard InChI is InChI=1S/C7H14O5S.Na.H/c1-4-6(3)11-12-13(9,10)7(8)5-2;;/h4,6-8H,1,5H2,2-3H3;;/q;+1;-1. The van der Waals surface area contributed by atoms with Crippen LogP contribution in [-0.2, 0) is 19.3 Å². The molecule has 0 amide bonds. The molecule has 2 atom stereocenters. The van der Waals surface area contributed by atoms with Crippen molar-refractivity contribution < 1.29 is 53.7 Å². The van der Waals surface area contributed by atoms with Crippen LogP contribution in [0.2, 0.25) is 0 Å². The van der Waals surface area contributed by atoms with Crippen LogP contribution in [0, 0.1) is 0 Å². The van der Waals surface area contributed by atoms with Gasteiger partial charge in [-0.3, -0.25) is 0 Å². The van der Waals surface area contributed by atoms with E-state index in [1.165, 1.54) is 13.0 Å². The first kappa shape index (κ1) is 17.0. The molecular weight excluding hydrogens is 219 g/mol. The zero-order valence-corrected chi connectivity index (χ0v) is 11.5. The maximum absolute atomic E-state index is 11.0. The molecule has 1 N–H and O–H groups in total. The van der Waals surface area contributed by atoms with Crippen molar-refractivity contribution in [1.29, 1.82) is 0 Å². The summed E-state index contributed by atoms with van der Waals surface area (Å²) < 4.78 is 26.0. The number of hydrogen-bond acceptors (Lipinski definition) is 5. The summed E-state index contributed by atoms with van der Waals surface area (Å²) >= 11 is 0. The summed E-state index contributed by atoms with van der Waals surface area (Å²) in [5.41, 5.74) is -1.55. The fraction of sp³-hybridized carbons (Fsp3) is 0.714. The zero-order valence-electron chi connectivity index (χ0n) is 9.63. The summed E-state index contributed by atoms with van der Waals surface area (Å²) in [6.07, 6.45) is 0.876. The summed E-state index contributed by atoms with van der Waals surface area (Å²) in [5, 5.41) is 8.95. The van der Waals surface area contributed by atoms with Gasteiger partial charge in [0.15, 0.2) is 5.44 Å². The molecule has 7 heteroatoms. The van der Waals surface area contributed by atoms with Crippen molar-refractivity contribution in [3.63, 3.8) is 0 Å². The summed E-state index contributed by atoms with van der Waals surface area (Å²) in [6, 6.07) is 0. The van der Waals surface area contributed by atoms with Crippen molar-refractivity contribution in [2.24, 2.45) is 0 Å². The maximum atomic E-state index is 11.0. The molecule has 80 valence electrons. The van der Waals surface area contributed by atoms with Crippen LogP contribution in [0.15, 0.2) is 12.7 Å². The Labute approximate surface area is 108 Å². The molecule has 14 heavy (non-hydrogen) atoms. The first-order chi connectivity index (χ1) is 5.94. The SMILES string of the molecule is C=CC(C)OOS(=O)(=O)C(O)CC.[H-].[Na+]. The Kier molecular flexibility index (Phi) is 9.47. The van der Waals surface area contributed by atoms with Crippen molar-refractivity contribution >= 4 is 10.1 Å². The van der Waals surface area contributed by atoms with Gasteiger partial charge in [-0.2, -0.15) is 8.42 Å². The van der Waals surface area contributed by atoms with Crippen molar-refractivity contribution in [3.05, 3.63) is 12.7 Å². The first-order valence-electron chi connectivity index (χ1n) is 3.83. The molecule has 0 spiro atoms. The average Bonchev–Trinajstić information content (AvgIpc) is 2.12. The molecule has 0 aromatic carbocycles. The minimum atomic E-state index is -4.03. The van der Waals surface area contributed by atoms with E-state index in [4.69, 9.17) is 5.11 Å². The van der Waals surface area contributed by atoms with E-state index in [9.17, 15) is 8.42 Å². The van der Waals surface area contributed by atoms with E-state index >= 15 is 0 Å². The first-order valence-corrected chi connectivity index (χ1v) is 5.30. The molecule has 0 aromatic rings. The second kappa shape index (κ2) is 7.81. The molecule has 0 saturated carbocycles. The van der Waals surface area contributed by atoms with Crippen molar-refractivity contribution in [2.45, 2.75) is 31.8 Å². The zero-order chi connectivity index (χ0) is 10.5. The van der Waals surface area contributed by atoms with Gasteiger partial charge in [-0.15, -0.1) is 10.9 Å². The number of hydrogen-bond donors (Lipinski definition) is 1. The summed E-state index contributed by atoms with van der Waals surface area (Å²) in [5.74, 6) is 0. The Hall–Kier alpha value is 0.570. The van der Waals surface area contributed by atoms with Gasteiger partial charge in [-0.05, 0) is 13.3 Å². The van der Waals surface area contributed by atoms with E-state index in [2.05, 4.69) is 15.8 Å². The third-order valence-electron chi connectivity index (χ3n) is 1.30. The van der Waals surface area contributed by atoms with E-state index in [0.717, 1.165) is 0 Å². The van der Waals surface area contributed by atoms with Gasteiger partial charge in [0.05, 0.1) is 0 Å². The molecule has 0 fully saturated rings. The smallest absolute Gasteiger partial charge is 1.00 e. The molecule has 0 heterocycles. The second-order valence-corrected chi connectivity index (χ2v) is 4.13. The topological polar surface area (TPSA) is 72.8 Å². The molecule has 0 bridgehead atoms. The van der Waals surface area contributed by atoms with Gasteiger partial charge in [0.1, 0.15) is 6.10 Å². The minimum absolute atomic E-state index is 0. The Morgan fingerprint density at radius 3 is 2.50 bits per heavy atom. The summed E-state index contributed by atoms with van der Waals surface area (Å²) in [6.45, 7) is 6.44. The molecule has 0 saturated heterocycles. The van der Waals surface area contributed by atoms with Gasteiger partial charge < -0.3 is 6.53 Å². The fourth-order valence-corrected chi connectivity index (χ4v) is 1.14. The Balaban J connectivity index is -0.000000720. The van der Waals surface area contributed by atoms with Crippen LogP contribution in [0.1, 0.15) is 21.7 Å². The Morgan fingerprint density at radius 1 is 1.64 bits per heavy atom. The van der Waals surface area contributed by atoms with Crippen LogP contribution in [0.4, 0.5) is 0 Å². The molecule has 0 radical (unpaired) electrons. The van der Waals surface area contributed by atoms with Gasteiger partial charge in [0, 0.05) is 0 Å². The van der Waals surface area contributed by atoms with E-state index in [1.807, 2.05) is 0 Å². The van der Waals surface area contributed by atoms with Crippen LogP contribution >= 0.6 is 0 Å². The molecule has 0 aliphatic rings. The maximum Gasteiger partial charge on any atom is 1.00 e. The van der Waals surface area contributed by atoms with Crippen molar-refractivity contribution in [2.75, 3.05) is 0 Å². The Morgan fingerprint density at radius 2 is 2.14 bits per heavy atom. The van der Waals surface area contributed by atoms with Gasteiger partial charge >= 0.3 is 39.7 Å². The number of aliphatic hydroxyl groups is 1. The van der Waals surface area contributed by atoms with Crippen LogP contribution in [0.25, 0.3) is 0 Å². The predicted molar refractivity (Wildman–Crippen MR) is 48.2 cm³/mol. The number of rotatable bonds is 6. The van der Waals surface area contributed by atoms with Crippen LogP contribution in [-0.4, -0.2) is 25.1 Å². The summed E-state index contributed by atoms with van der Waals surface area (Å²) in [4.78, 5) is 4.41. The largest absolute Gasteiger partial charge is 1.00 e. The second-order valence-electron chi connectivity index (χ2n) is 2.46. The average molecular weight is 234 g/mol. The normalized spacial score (nSPS) is 15.4. The Bertz CT molecular complexity index is 256. The molecule has 0 aliphatic heterocycles. The van der Waals surface area contributed by atoms with Gasteiger partial charge in [0.2, 0.25) is 0 Å². The monoisotopic (exact) mass is 234 g/mol. The van der Waals surface area contributed by atoms with Gasteiger partial charge in [-0.1, -0.05) is 13.0 Å². The van der Waals surface area contributed by atoms with Crippen molar-refractivity contribution in [1.82, 2.24) is 0 Å². The van der Waals surface area contributed by atoms with Crippen molar-refractivity contribution in [3.8, 4) is 0 Å². The molecule has 2 unspecified atom stereocenters. The molecular formula is C7H15NaO5S. The van der Waals surface area contributed by atoms with E-state index in [1.54, 1.807) is 6.92 Å². The van der Waals surface area contributed by atoms with E-state index in [0.29, 0.717) is 0 Å². The number of aliphatic hydroxyl groups excluding tert-OH is 1. The van der Waals surface area contributed by atoms with Gasteiger partial charge in [0.25, 0.3) is 0 Å². The third kappa shape index (κ3) is 6.13. The molecule has 0 aliphatic carbocycles. The summed E-state index contributed by atoms with van der Waals surface area (Å²) in [7, 11) is -4.03. The molecule has 5 nitrogen and oxygen atoms in total. The van der Waals surface area contributed by atoms with Gasteiger partial charge in [-0.25, -0.2) is 4.89 Å². The van der Waals surface area contributed by atoms with Crippen LogP contribution in [0.5, 0.6) is 0 Å².